The Morgan fingerprint density at radius 2 is 1.77 bits per heavy atom. The van der Waals surface area contributed by atoms with Crippen LogP contribution in [0.25, 0.3) is 11.3 Å². The maximum atomic E-state index is 5.93. The lowest BCUT2D eigenvalue weighted by atomic mass is 10.1. The summed E-state index contributed by atoms with van der Waals surface area (Å²) in [6, 6.07) is 19.8. The van der Waals surface area contributed by atoms with E-state index < -0.39 is 0 Å². The zero-order chi connectivity index (χ0) is 15.4. The molecule has 4 nitrogen and oxygen atoms in total. The number of para-hydroxylation sites is 1. The van der Waals surface area contributed by atoms with Gasteiger partial charge in [-0.05, 0) is 29.8 Å². The third-order valence-corrected chi connectivity index (χ3v) is 3.67. The molecule has 0 radical (unpaired) electrons. The van der Waals surface area contributed by atoms with Crippen LogP contribution in [0.1, 0.15) is 0 Å². The molecule has 0 aliphatic heterocycles. The summed E-state index contributed by atoms with van der Waals surface area (Å²) in [5.41, 5.74) is 8.81. The van der Waals surface area contributed by atoms with Crippen LogP contribution in [0, 0.1) is 0 Å². The van der Waals surface area contributed by atoms with Crippen LogP contribution < -0.4 is 10.6 Å². The van der Waals surface area contributed by atoms with Gasteiger partial charge in [-0.25, -0.2) is 0 Å². The van der Waals surface area contributed by atoms with Crippen molar-refractivity contribution >= 4 is 23.1 Å². The molecule has 0 saturated heterocycles. The average Bonchev–Trinajstić information content (AvgIpc) is 3.04. The Hall–Kier alpha value is -2.30. The van der Waals surface area contributed by atoms with Gasteiger partial charge >= 0.3 is 0 Å². The summed E-state index contributed by atoms with van der Waals surface area (Å²) in [4.78, 5) is 2.09. The SMILES string of the molecule is NCCN(c1ccccc1)c1cc(-c2ccc(Cl)cc2)[nH]n1. The number of rotatable bonds is 5. The smallest absolute Gasteiger partial charge is 0.155 e. The summed E-state index contributed by atoms with van der Waals surface area (Å²) in [6.45, 7) is 1.26. The number of nitrogens with zero attached hydrogens (tertiary/aromatic N) is 2. The average molecular weight is 313 g/mol. The van der Waals surface area contributed by atoms with E-state index in [1.807, 2.05) is 60.7 Å². The molecule has 3 aromatic rings. The van der Waals surface area contributed by atoms with Crippen LogP contribution in [0.15, 0.2) is 60.7 Å². The second-order valence-corrected chi connectivity index (χ2v) is 5.36. The minimum Gasteiger partial charge on any atom is -0.329 e. The van der Waals surface area contributed by atoms with Gasteiger partial charge in [0.25, 0.3) is 0 Å². The van der Waals surface area contributed by atoms with Crippen molar-refractivity contribution in [1.82, 2.24) is 10.2 Å². The van der Waals surface area contributed by atoms with E-state index in [0.717, 1.165) is 27.8 Å². The number of nitrogens with one attached hydrogen (secondary N) is 1. The third kappa shape index (κ3) is 3.13. The van der Waals surface area contributed by atoms with Crippen LogP contribution in [-0.4, -0.2) is 23.3 Å². The molecule has 3 rings (SSSR count). The number of nitrogens with two attached hydrogens (primary N) is 1. The molecule has 5 heteroatoms. The molecule has 0 saturated carbocycles. The van der Waals surface area contributed by atoms with Gasteiger partial charge in [0.15, 0.2) is 5.82 Å². The van der Waals surface area contributed by atoms with Crippen LogP contribution in [-0.2, 0) is 0 Å². The van der Waals surface area contributed by atoms with Crippen molar-refractivity contribution in [3.05, 3.63) is 65.7 Å². The normalized spacial score (nSPS) is 10.6. The highest BCUT2D eigenvalue weighted by molar-refractivity contribution is 6.30. The Balaban J connectivity index is 1.92. The summed E-state index contributed by atoms with van der Waals surface area (Å²) in [5.74, 6) is 0.849. The van der Waals surface area contributed by atoms with Crippen molar-refractivity contribution in [1.29, 1.82) is 0 Å². The van der Waals surface area contributed by atoms with E-state index in [-0.39, 0.29) is 0 Å². The fourth-order valence-electron chi connectivity index (χ4n) is 2.34. The number of hydrogen-bond donors (Lipinski definition) is 2. The van der Waals surface area contributed by atoms with Gasteiger partial charge in [-0.1, -0.05) is 41.9 Å². The van der Waals surface area contributed by atoms with Gasteiger partial charge in [0.05, 0.1) is 5.69 Å². The highest BCUT2D eigenvalue weighted by atomic mass is 35.5. The fourth-order valence-corrected chi connectivity index (χ4v) is 2.47. The predicted molar refractivity (Wildman–Crippen MR) is 91.5 cm³/mol. The largest absolute Gasteiger partial charge is 0.329 e. The lowest BCUT2D eigenvalue weighted by molar-refractivity contribution is 0.897. The van der Waals surface area contributed by atoms with E-state index in [1.165, 1.54) is 0 Å². The molecule has 0 aliphatic rings. The van der Waals surface area contributed by atoms with Gasteiger partial charge in [0.2, 0.25) is 0 Å². The molecule has 112 valence electrons. The molecule has 0 aliphatic carbocycles. The van der Waals surface area contributed by atoms with E-state index in [2.05, 4.69) is 15.1 Å². The maximum absolute atomic E-state index is 5.93. The van der Waals surface area contributed by atoms with Gasteiger partial charge in [-0.2, -0.15) is 5.10 Å². The number of halogens is 1. The van der Waals surface area contributed by atoms with Crippen molar-refractivity contribution < 1.29 is 0 Å². The van der Waals surface area contributed by atoms with Crippen LogP contribution >= 0.6 is 11.6 Å². The Labute approximate surface area is 134 Å². The number of H-pyrrole nitrogens is 1. The minimum absolute atomic E-state index is 0.554. The lowest BCUT2D eigenvalue weighted by Gasteiger charge is -2.21. The van der Waals surface area contributed by atoms with Crippen molar-refractivity contribution in [3.63, 3.8) is 0 Å². The number of hydrogen-bond acceptors (Lipinski definition) is 3. The second-order valence-electron chi connectivity index (χ2n) is 4.92. The number of benzene rings is 2. The molecular formula is C17H17ClN4. The monoisotopic (exact) mass is 312 g/mol. The van der Waals surface area contributed by atoms with Crippen LogP contribution in [0.5, 0.6) is 0 Å². The maximum Gasteiger partial charge on any atom is 0.155 e. The van der Waals surface area contributed by atoms with Crippen LogP contribution in [0.2, 0.25) is 5.02 Å². The van der Waals surface area contributed by atoms with E-state index in [0.29, 0.717) is 13.1 Å². The quantitative estimate of drug-likeness (QED) is 0.753. The lowest BCUT2D eigenvalue weighted by Crippen LogP contribution is -2.25. The molecule has 0 unspecified atom stereocenters. The molecule has 0 bridgehead atoms. The highest BCUT2D eigenvalue weighted by Gasteiger charge is 2.12. The molecule has 0 fully saturated rings. The summed E-state index contributed by atoms with van der Waals surface area (Å²) >= 11 is 5.93. The molecule has 0 amide bonds. The summed E-state index contributed by atoms with van der Waals surface area (Å²) in [6.07, 6.45) is 0. The second kappa shape index (κ2) is 6.64. The Morgan fingerprint density at radius 3 is 2.45 bits per heavy atom. The first-order valence-electron chi connectivity index (χ1n) is 7.12. The predicted octanol–water partition coefficient (Wildman–Crippen LogP) is 3.83. The molecule has 1 aromatic heterocycles. The van der Waals surface area contributed by atoms with Crippen molar-refractivity contribution in [3.8, 4) is 11.3 Å². The third-order valence-electron chi connectivity index (χ3n) is 3.42. The van der Waals surface area contributed by atoms with Gasteiger partial charge in [-0.15, -0.1) is 0 Å². The molecule has 2 aromatic carbocycles. The molecule has 1 heterocycles. The summed E-state index contributed by atoms with van der Waals surface area (Å²) in [5, 5.41) is 8.22. The van der Waals surface area contributed by atoms with Gasteiger partial charge in [-0.3, -0.25) is 5.10 Å². The van der Waals surface area contributed by atoms with E-state index in [1.54, 1.807) is 0 Å². The highest BCUT2D eigenvalue weighted by Crippen LogP contribution is 2.27. The van der Waals surface area contributed by atoms with Crippen molar-refractivity contribution in [2.75, 3.05) is 18.0 Å². The Bertz CT molecular complexity index is 722. The Kier molecular flexibility index (Phi) is 4.42. The van der Waals surface area contributed by atoms with Crippen molar-refractivity contribution in [2.24, 2.45) is 5.73 Å². The summed E-state index contributed by atoms with van der Waals surface area (Å²) in [7, 11) is 0. The first kappa shape index (κ1) is 14.6. The Morgan fingerprint density at radius 1 is 1.05 bits per heavy atom. The number of anilines is 2. The van der Waals surface area contributed by atoms with Gasteiger partial charge in [0, 0.05) is 29.9 Å². The van der Waals surface area contributed by atoms with E-state index in [9.17, 15) is 0 Å². The molecule has 22 heavy (non-hydrogen) atoms. The van der Waals surface area contributed by atoms with Crippen molar-refractivity contribution in [2.45, 2.75) is 0 Å². The zero-order valence-corrected chi connectivity index (χ0v) is 12.8. The van der Waals surface area contributed by atoms with Crippen LogP contribution in [0.3, 0.4) is 0 Å². The van der Waals surface area contributed by atoms with Crippen LogP contribution in [0.4, 0.5) is 11.5 Å². The first-order chi connectivity index (χ1) is 10.8. The number of aromatic amines is 1. The van der Waals surface area contributed by atoms with E-state index >= 15 is 0 Å². The van der Waals surface area contributed by atoms with E-state index in [4.69, 9.17) is 17.3 Å². The minimum atomic E-state index is 0.554. The first-order valence-corrected chi connectivity index (χ1v) is 7.50. The fraction of sp³-hybridized carbons (Fsp3) is 0.118. The summed E-state index contributed by atoms with van der Waals surface area (Å²) < 4.78 is 0. The molecule has 3 N–H and O–H groups in total. The molecule has 0 spiro atoms. The standard InChI is InChI=1S/C17H17ClN4/c18-14-8-6-13(7-9-14)16-12-17(21-20-16)22(11-10-19)15-4-2-1-3-5-15/h1-9,12H,10-11,19H2,(H,20,21). The number of aromatic nitrogens is 2. The van der Waals surface area contributed by atoms with Gasteiger partial charge in [0.1, 0.15) is 0 Å². The zero-order valence-electron chi connectivity index (χ0n) is 12.0. The molecular weight excluding hydrogens is 296 g/mol. The molecule has 0 atom stereocenters. The topological polar surface area (TPSA) is 57.9 Å². The van der Waals surface area contributed by atoms with Gasteiger partial charge < -0.3 is 10.6 Å².